The van der Waals surface area contributed by atoms with Crippen LogP contribution in [0.3, 0.4) is 0 Å². The van der Waals surface area contributed by atoms with Crippen molar-refractivity contribution in [3.63, 3.8) is 0 Å². The molecule has 8 rings (SSSR count). The molecule has 11 heteroatoms. The van der Waals surface area contributed by atoms with E-state index in [1.165, 1.54) is 24.0 Å². The number of H-pyrrole nitrogens is 2. The average Bonchev–Trinajstić information content (AvgIpc) is 3.51. The molecule has 2 N–H and O–H groups in total. The van der Waals surface area contributed by atoms with Gasteiger partial charge < -0.3 is 24.2 Å². The zero-order valence-electron chi connectivity index (χ0n) is 25.1. The number of halogens is 1. The Balaban J connectivity index is 1.03. The van der Waals surface area contributed by atoms with Gasteiger partial charge in [-0.05, 0) is 79.6 Å². The number of likely N-dealkylation sites (tertiary alicyclic amines) is 1. The van der Waals surface area contributed by atoms with Crippen LogP contribution in [-0.2, 0) is 13.6 Å². The molecule has 10 nitrogen and oxygen atoms in total. The fourth-order valence-electron chi connectivity index (χ4n) is 7.28. The van der Waals surface area contributed by atoms with Gasteiger partial charge in [-0.1, -0.05) is 12.1 Å². The van der Waals surface area contributed by atoms with E-state index in [9.17, 15) is 14.0 Å². The van der Waals surface area contributed by atoms with Crippen molar-refractivity contribution in [3.8, 4) is 22.8 Å². The van der Waals surface area contributed by atoms with Gasteiger partial charge in [-0.3, -0.25) is 9.69 Å². The summed E-state index contributed by atoms with van der Waals surface area (Å²) >= 11 is 0. The lowest BCUT2D eigenvalue weighted by molar-refractivity contribution is 0.270. The Morgan fingerprint density at radius 2 is 1.82 bits per heavy atom. The Bertz CT molecular complexity index is 2050. The van der Waals surface area contributed by atoms with Gasteiger partial charge >= 0.3 is 5.69 Å². The fourth-order valence-corrected chi connectivity index (χ4v) is 7.28. The number of nitrogens with zero attached hydrogens (tertiary/aromatic N) is 5. The maximum atomic E-state index is 14.7. The molecule has 1 aliphatic carbocycles. The summed E-state index contributed by atoms with van der Waals surface area (Å²) in [6.07, 6.45) is 7.41. The van der Waals surface area contributed by atoms with Crippen molar-refractivity contribution < 1.29 is 9.13 Å². The number of hydrogen-bond donors (Lipinski definition) is 2. The normalized spacial score (nSPS) is 20.1. The molecule has 5 heterocycles. The van der Waals surface area contributed by atoms with E-state index in [1.807, 2.05) is 18.2 Å². The average molecular weight is 608 g/mol. The Kier molecular flexibility index (Phi) is 6.59. The maximum Gasteiger partial charge on any atom is 0.323 e. The van der Waals surface area contributed by atoms with E-state index in [-0.39, 0.29) is 16.7 Å². The van der Waals surface area contributed by atoms with Gasteiger partial charge in [-0.2, -0.15) is 0 Å². The maximum absolute atomic E-state index is 14.7. The van der Waals surface area contributed by atoms with Crippen LogP contribution in [0.4, 0.5) is 10.2 Å². The lowest BCUT2D eigenvalue weighted by Crippen LogP contribution is -2.31. The predicted molar refractivity (Wildman–Crippen MR) is 169 cm³/mol. The van der Waals surface area contributed by atoms with Crippen LogP contribution in [0.15, 0.2) is 70.6 Å². The summed E-state index contributed by atoms with van der Waals surface area (Å²) in [5.41, 5.74) is 4.88. The molecular formula is C34H34FN7O3. The SMILES string of the molecule is Cn1c(-c2cc(F)ccc2Oc2cncnc2N2CCC3(CCN(Cc4ccc5[nH]c(=O)[nH]c5c4)C3)C2)c(C2CC2)ccc1=O. The van der Waals surface area contributed by atoms with E-state index >= 15 is 0 Å². The number of anilines is 1. The molecule has 3 fully saturated rings. The third-order valence-electron chi connectivity index (χ3n) is 9.68. The van der Waals surface area contributed by atoms with E-state index in [4.69, 9.17) is 4.74 Å². The molecule has 0 amide bonds. The third-order valence-corrected chi connectivity index (χ3v) is 9.68. The van der Waals surface area contributed by atoms with Gasteiger partial charge in [-0.15, -0.1) is 0 Å². The molecule has 0 radical (unpaired) electrons. The number of benzene rings is 2. The highest BCUT2D eigenvalue weighted by Gasteiger charge is 2.44. The quantitative estimate of drug-likeness (QED) is 0.270. The minimum absolute atomic E-state index is 0.136. The van der Waals surface area contributed by atoms with Gasteiger partial charge in [0.2, 0.25) is 0 Å². The first kappa shape index (κ1) is 27.8. The lowest BCUT2D eigenvalue weighted by Gasteiger charge is -2.26. The molecule has 1 saturated carbocycles. The molecule has 230 valence electrons. The van der Waals surface area contributed by atoms with Crippen LogP contribution < -0.4 is 20.9 Å². The molecule has 2 aromatic carbocycles. The smallest absolute Gasteiger partial charge is 0.323 e. The number of aromatic nitrogens is 5. The van der Waals surface area contributed by atoms with E-state index in [2.05, 4.69) is 35.8 Å². The minimum Gasteiger partial charge on any atom is -0.451 e. The van der Waals surface area contributed by atoms with Crippen molar-refractivity contribution in [2.75, 3.05) is 31.1 Å². The molecule has 1 unspecified atom stereocenters. The molecule has 1 atom stereocenters. The predicted octanol–water partition coefficient (Wildman–Crippen LogP) is 4.92. The topological polar surface area (TPSA) is 112 Å². The number of ether oxygens (including phenoxy) is 1. The van der Waals surface area contributed by atoms with Crippen molar-refractivity contribution in [1.29, 1.82) is 0 Å². The minimum atomic E-state index is -0.395. The highest BCUT2D eigenvalue weighted by Crippen LogP contribution is 2.47. The van der Waals surface area contributed by atoms with Crippen LogP contribution in [0.2, 0.25) is 0 Å². The van der Waals surface area contributed by atoms with Crippen LogP contribution in [0, 0.1) is 11.2 Å². The third kappa shape index (κ3) is 5.20. The number of fused-ring (bicyclic) bond motifs is 1. The number of rotatable bonds is 7. The zero-order chi connectivity index (χ0) is 30.7. The molecular weight excluding hydrogens is 573 g/mol. The Hall–Kier alpha value is -4.77. The summed E-state index contributed by atoms with van der Waals surface area (Å²) in [4.78, 5) is 43.7. The highest BCUT2D eigenvalue weighted by atomic mass is 19.1. The standard InChI is InChI=1S/C34H34FN7O3/c1-40-30(43)9-6-24(22-3-4-22)31(40)25-15-23(35)5-8-28(25)45-29-16-36-20-37-32(29)42-13-11-34(19-42)10-12-41(18-34)17-21-2-7-26-27(14-21)39-33(44)38-26/h2,5-9,14-16,20,22H,3-4,10-13,17-19H2,1H3,(H2,38,39,44). The van der Waals surface area contributed by atoms with Crippen LogP contribution in [0.5, 0.6) is 11.5 Å². The molecule has 3 aromatic heterocycles. The first-order valence-electron chi connectivity index (χ1n) is 15.5. The molecule has 45 heavy (non-hydrogen) atoms. The van der Waals surface area contributed by atoms with E-state index < -0.39 is 5.82 Å². The molecule has 2 saturated heterocycles. The van der Waals surface area contributed by atoms with Crippen molar-refractivity contribution in [2.45, 2.75) is 38.1 Å². The van der Waals surface area contributed by atoms with Gasteiger partial charge in [0.15, 0.2) is 11.6 Å². The summed E-state index contributed by atoms with van der Waals surface area (Å²) < 4.78 is 22.8. The van der Waals surface area contributed by atoms with Crippen molar-refractivity contribution in [1.82, 2.24) is 29.4 Å². The summed E-state index contributed by atoms with van der Waals surface area (Å²) in [7, 11) is 1.73. The van der Waals surface area contributed by atoms with Gasteiger partial charge in [0, 0.05) is 50.3 Å². The Morgan fingerprint density at radius 1 is 0.978 bits per heavy atom. The number of nitrogens with one attached hydrogen (secondary N) is 2. The second kappa shape index (κ2) is 10.7. The fraction of sp³-hybridized carbons (Fsp3) is 0.353. The lowest BCUT2D eigenvalue weighted by atomic mass is 9.86. The first-order chi connectivity index (χ1) is 21.8. The van der Waals surface area contributed by atoms with E-state index in [0.717, 1.165) is 75.0 Å². The summed E-state index contributed by atoms with van der Waals surface area (Å²) in [6.45, 7) is 4.48. The van der Waals surface area contributed by atoms with Gasteiger partial charge in [0.05, 0.1) is 22.9 Å². The summed E-state index contributed by atoms with van der Waals surface area (Å²) in [5.74, 6) is 1.62. The van der Waals surface area contributed by atoms with Crippen molar-refractivity contribution in [3.05, 3.63) is 98.8 Å². The van der Waals surface area contributed by atoms with Gasteiger partial charge in [0.1, 0.15) is 17.9 Å². The summed E-state index contributed by atoms with van der Waals surface area (Å²) in [5, 5.41) is 0. The van der Waals surface area contributed by atoms with Crippen LogP contribution in [0.25, 0.3) is 22.3 Å². The van der Waals surface area contributed by atoms with Crippen molar-refractivity contribution in [2.24, 2.45) is 12.5 Å². The van der Waals surface area contributed by atoms with Crippen molar-refractivity contribution >= 4 is 16.9 Å². The number of aromatic amines is 2. The Labute approximate surface area is 258 Å². The van der Waals surface area contributed by atoms with Crippen LogP contribution in [-0.4, -0.2) is 55.6 Å². The number of pyridine rings is 1. The van der Waals surface area contributed by atoms with Crippen LogP contribution >= 0.6 is 0 Å². The Morgan fingerprint density at radius 3 is 2.69 bits per heavy atom. The second-order valence-corrected chi connectivity index (χ2v) is 12.9. The monoisotopic (exact) mass is 607 g/mol. The van der Waals surface area contributed by atoms with Gasteiger partial charge in [0.25, 0.3) is 5.56 Å². The number of hydrogen-bond acceptors (Lipinski definition) is 7. The van der Waals surface area contributed by atoms with Crippen LogP contribution in [0.1, 0.15) is 42.7 Å². The largest absolute Gasteiger partial charge is 0.451 e. The molecule has 1 spiro atoms. The molecule has 2 aliphatic heterocycles. The van der Waals surface area contributed by atoms with E-state index in [0.29, 0.717) is 34.5 Å². The number of imidazole rings is 1. The zero-order valence-corrected chi connectivity index (χ0v) is 25.1. The van der Waals surface area contributed by atoms with E-state index in [1.54, 1.807) is 29.9 Å². The molecule has 3 aliphatic rings. The summed E-state index contributed by atoms with van der Waals surface area (Å²) in [6, 6.07) is 14.0. The molecule has 5 aromatic rings. The molecule has 0 bridgehead atoms. The van der Waals surface area contributed by atoms with Gasteiger partial charge in [-0.25, -0.2) is 19.2 Å². The second-order valence-electron chi connectivity index (χ2n) is 12.9. The highest BCUT2D eigenvalue weighted by molar-refractivity contribution is 5.75. The first-order valence-corrected chi connectivity index (χ1v) is 15.5.